The minimum absolute atomic E-state index is 0.114. The number of nitrogens with one attached hydrogen (secondary N) is 1. The van der Waals surface area contributed by atoms with Gasteiger partial charge in [-0.25, -0.2) is 5.43 Å². The van der Waals surface area contributed by atoms with Crippen LogP contribution in [0.1, 0.15) is 60.2 Å². The summed E-state index contributed by atoms with van der Waals surface area (Å²) >= 11 is 6.55. The molecule has 0 saturated carbocycles. The van der Waals surface area contributed by atoms with Gasteiger partial charge >= 0.3 is 0 Å². The number of phenolic OH excluding ortho intramolecular Hbond substituents is 1. The first-order valence-corrected chi connectivity index (χ1v) is 11.0. The minimum atomic E-state index is -0.480. The van der Waals surface area contributed by atoms with E-state index in [1.54, 1.807) is 18.3 Å². The van der Waals surface area contributed by atoms with E-state index < -0.39 is 5.91 Å². The summed E-state index contributed by atoms with van der Waals surface area (Å²) in [6.45, 7) is 8.82. The maximum absolute atomic E-state index is 12.4. The summed E-state index contributed by atoms with van der Waals surface area (Å²) in [5.74, 6) is -0.161. The summed E-state index contributed by atoms with van der Waals surface area (Å²) < 4.78 is 1.12. The number of hydrogen-bond donors (Lipinski definition) is 2. The fourth-order valence-corrected chi connectivity index (χ4v) is 5.06. The SMILES string of the molecule is Cc1cc2c(cc1/C=N\NC(=O)c1cc(Br)cc(Br)c1O)[C@@H](C)CC(C)(C)N2C. The summed E-state index contributed by atoms with van der Waals surface area (Å²) in [6.07, 6.45) is 2.73. The third-order valence-corrected chi connectivity index (χ3v) is 6.73. The van der Waals surface area contributed by atoms with E-state index in [1.807, 2.05) is 6.92 Å². The van der Waals surface area contributed by atoms with Gasteiger partial charge in [-0.2, -0.15) is 5.10 Å². The predicted molar refractivity (Wildman–Crippen MR) is 125 cm³/mol. The minimum Gasteiger partial charge on any atom is -0.506 e. The molecule has 2 N–H and O–H groups in total. The summed E-state index contributed by atoms with van der Waals surface area (Å²) in [5.41, 5.74) is 7.35. The van der Waals surface area contributed by atoms with Crippen molar-refractivity contribution in [3.63, 3.8) is 0 Å². The fraction of sp³-hybridized carbons (Fsp3) is 0.364. The van der Waals surface area contributed by atoms with Crippen molar-refractivity contribution in [3.05, 3.63) is 55.5 Å². The number of rotatable bonds is 3. The van der Waals surface area contributed by atoms with Gasteiger partial charge in [0.1, 0.15) is 5.75 Å². The first kappa shape index (κ1) is 21.8. The molecule has 29 heavy (non-hydrogen) atoms. The maximum atomic E-state index is 12.4. The van der Waals surface area contributed by atoms with Crippen molar-refractivity contribution in [2.75, 3.05) is 11.9 Å². The number of benzene rings is 2. The Hall–Kier alpha value is -1.86. The molecular weight excluding hydrogens is 498 g/mol. The lowest BCUT2D eigenvalue weighted by atomic mass is 9.79. The fourth-order valence-electron chi connectivity index (χ4n) is 3.83. The largest absolute Gasteiger partial charge is 0.506 e. The molecule has 0 aromatic heterocycles. The normalized spacial score (nSPS) is 18.0. The van der Waals surface area contributed by atoms with Crippen molar-refractivity contribution < 1.29 is 9.90 Å². The standard InChI is InChI=1S/C22H25Br2N3O2/c1-12-6-19-16(13(2)10-22(3,4)27(19)5)7-14(12)11-25-26-21(29)17-8-15(23)9-18(24)20(17)28/h6-9,11,13,28H,10H2,1-5H3,(H,26,29)/b25-11-/t13-/m0/s1. The number of carbonyl (C=O) groups is 1. The molecule has 2 aromatic carbocycles. The van der Waals surface area contributed by atoms with Crippen molar-refractivity contribution >= 4 is 49.7 Å². The van der Waals surface area contributed by atoms with Crippen LogP contribution in [0.15, 0.2) is 38.3 Å². The van der Waals surface area contributed by atoms with Crippen LogP contribution >= 0.6 is 31.9 Å². The van der Waals surface area contributed by atoms with Crippen molar-refractivity contribution in [3.8, 4) is 5.75 Å². The molecule has 2 aromatic rings. The number of hydrazone groups is 1. The Morgan fingerprint density at radius 1 is 1.31 bits per heavy atom. The Morgan fingerprint density at radius 3 is 2.69 bits per heavy atom. The number of aromatic hydroxyl groups is 1. The van der Waals surface area contributed by atoms with E-state index in [0.29, 0.717) is 14.9 Å². The molecule has 1 amide bonds. The maximum Gasteiger partial charge on any atom is 0.275 e. The molecular formula is C22H25Br2N3O2. The van der Waals surface area contributed by atoms with Crippen LogP contribution < -0.4 is 10.3 Å². The molecule has 154 valence electrons. The highest BCUT2D eigenvalue weighted by Crippen LogP contribution is 2.43. The third kappa shape index (κ3) is 4.36. The average molecular weight is 523 g/mol. The molecule has 0 unspecified atom stereocenters. The van der Waals surface area contributed by atoms with Gasteiger partial charge < -0.3 is 10.0 Å². The van der Waals surface area contributed by atoms with E-state index in [4.69, 9.17) is 0 Å². The molecule has 7 heteroatoms. The predicted octanol–water partition coefficient (Wildman–Crippen LogP) is 5.71. The Labute approximate surface area is 188 Å². The van der Waals surface area contributed by atoms with E-state index in [9.17, 15) is 9.90 Å². The van der Waals surface area contributed by atoms with E-state index in [0.717, 1.165) is 17.5 Å². The van der Waals surface area contributed by atoms with E-state index >= 15 is 0 Å². The van der Waals surface area contributed by atoms with Crippen LogP contribution in [-0.2, 0) is 0 Å². The number of phenols is 1. The van der Waals surface area contributed by atoms with Crippen molar-refractivity contribution in [2.45, 2.75) is 45.6 Å². The highest BCUT2D eigenvalue weighted by atomic mass is 79.9. The average Bonchev–Trinajstić information content (AvgIpc) is 2.63. The number of hydrogen-bond acceptors (Lipinski definition) is 4. The van der Waals surface area contributed by atoms with Gasteiger partial charge in [-0.3, -0.25) is 4.79 Å². The van der Waals surface area contributed by atoms with Gasteiger partial charge in [0, 0.05) is 22.7 Å². The lowest BCUT2D eigenvalue weighted by molar-refractivity contribution is 0.0952. The van der Waals surface area contributed by atoms with Crippen molar-refractivity contribution in [1.29, 1.82) is 0 Å². The second kappa shape index (κ2) is 8.11. The number of amides is 1. The van der Waals surface area contributed by atoms with Crippen LogP contribution in [0.4, 0.5) is 5.69 Å². The van der Waals surface area contributed by atoms with Crippen molar-refractivity contribution in [1.82, 2.24) is 5.43 Å². The zero-order valence-corrected chi connectivity index (χ0v) is 20.3. The summed E-state index contributed by atoms with van der Waals surface area (Å²) in [7, 11) is 2.14. The van der Waals surface area contributed by atoms with Crippen LogP contribution in [0.3, 0.4) is 0 Å². The number of halogens is 2. The molecule has 0 bridgehead atoms. The number of nitrogens with zero attached hydrogens (tertiary/aromatic N) is 2. The Bertz CT molecular complexity index is 1000. The second-order valence-electron chi connectivity index (χ2n) is 8.23. The molecule has 1 aliphatic heterocycles. The van der Waals surface area contributed by atoms with Crippen LogP contribution in [-0.4, -0.2) is 29.8 Å². The molecule has 1 heterocycles. The number of carbonyl (C=O) groups excluding carboxylic acids is 1. The quantitative estimate of drug-likeness (QED) is 0.400. The highest BCUT2D eigenvalue weighted by Gasteiger charge is 2.34. The van der Waals surface area contributed by atoms with Gasteiger partial charge in [-0.15, -0.1) is 0 Å². The zero-order valence-electron chi connectivity index (χ0n) is 17.2. The van der Waals surface area contributed by atoms with Gasteiger partial charge in [0.05, 0.1) is 16.3 Å². The smallest absolute Gasteiger partial charge is 0.275 e. The van der Waals surface area contributed by atoms with Gasteiger partial charge in [0.15, 0.2) is 0 Å². The van der Waals surface area contributed by atoms with E-state index in [-0.39, 0.29) is 16.9 Å². The molecule has 1 atom stereocenters. The molecule has 0 fully saturated rings. The molecule has 0 radical (unpaired) electrons. The lowest BCUT2D eigenvalue weighted by Gasteiger charge is -2.45. The monoisotopic (exact) mass is 521 g/mol. The van der Waals surface area contributed by atoms with Gasteiger partial charge in [0.25, 0.3) is 5.91 Å². The molecule has 5 nitrogen and oxygen atoms in total. The molecule has 0 aliphatic carbocycles. The van der Waals surface area contributed by atoms with Gasteiger partial charge in [0.2, 0.25) is 0 Å². The summed E-state index contributed by atoms with van der Waals surface area (Å²) in [6, 6.07) is 7.57. The van der Waals surface area contributed by atoms with Gasteiger partial charge in [-0.1, -0.05) is 22.9 Å². The number of fused-ring (bicyclic) bond motifs is 1. The topological polar surface area (TPSA) is 64.9 Å². The Balaban J connectivity index is 1.84. The van der Waals surface area contributed by atoms with E-state index in [1.165, 1.54) is 11.3 Å². The highest BCUT2D eigenvalue weighted by molar-refractivity contribution is 9.11. The van der Waals surface area contributed by atoms with Gasteiger partial charge in [-0.05, 0) is 90.0 Å². The van der Waals surface area contributed by atoms with Crippen LogP contribution in [0.25, 0.3) is 0 Å². The Morgan fingerprint density at radius 2 is 2.00 bits per heavy atom. The summed E-state index contributed by atoms with van der Waals surface area (Å²) in [4.78, 5) is 14.8. The lowest BCUT2D eigenvalue weighted by Crippen LogP contribution is -2.45. The first-order chi connectivity index (χ1) is 13.5. The molecule has 0 saturated heterocycles. The van der Waals surface area contributed by atoms with Crippen LogP contribution in [0, 0.1) is 6.92 Å². The van der Waals surface area contributed by atoms with Crippen LogP contribution in [0.2, 0.25) is 0 Å². The molecule has 1 aliphatic rings. The first-order valence-electron chi connectivity index (χ1n) is 9.41. The molecule has 3 rings (SSSR count). The third-order valence-electron chi connectivity index (χ3n) is 5.66. The molecule has 0 spiro atoms. The second-order valence-corrected chi connectivity index (χ2v) is 10.00. The Kier molecular flexibility index (Phi) is 6.11. The zero-order chi connectivity index (χ0) is 21.5. The number of aryl methyl sites for hydroxylation is 1. The van der Waals surface area contributed by atoms with Crippen molar-refractivity contribution in [2.24, 2.45) is 5.10 Å². The summed E-state index contributed by atoms with van der Waals surface area (Å²) in [5, 5.41) is 14.2. The number of anilines is 1. The van der Waals surface area contributed by atoms with Crippen LogP contribution in [0.5, 0.6) is 5.75 Å². The van der Waals surface area contributed by atoms with E-state index in [2.05, 4.69) is 87.2 Å².